The number of thiophene rings is 2. The number of rotatable bonds is 6. The van der Waals surface area contributed by atoms with E-state index in [0.717, 1.165) is 24.0 Å². The largest absolute Gasteiger partial charge is 0.508 e. The first kappa shape index (κ1) is 21.3. The minimum atomic E-state index is -0.0925. The van der Waals surface area contributed by atoms with Crippen LogP contribution in [-0.2, 0) is 16.0 Å². The molecule has 1 unspecified atom stereocenters. The van der Waals surface area contributed by atoms with Gasteiger partial charge in [0, 0.05) is 16.2 Å². The molecule has 2 heterocycles. The Morgan fingerprint density at radius 3 is 2.48 bits per heavy atom. The molecule has 1 atom stereocenters. The second kappa shape index (κ2) is 9.81. The van der Waals surface area contributed by atoms with Crippen LogP contribution in [-0.4, -0.2) is 16.7 Å². The molecule has 0 amide bonds. The Morgan fingerprint density at radius 2 is 1.93 bits per heavy atom. The smallest absolute Gasteiger partial charge is 0.147 e. The molecule has 0 bridgehead atoms. The molecule has 2 aromatic heterocycles. The summed E-state index contributed by atoms with van der Waals surface area (Å²) in [6, 6.07) is 5.90. The van der Waals surface area contributed by atoms with Crippen LogP contribution in [0.5, 0.6) is 5.75 Å². The summed E-state index contributed by atoms with van der Waals surface area (Å²) in [7, 11) is 0. The van der Waals surface area contributed by atoms with Crippen LogP contribution in [0.15, 0.2) is 34.3 Å². The predicted octanol–water partition coefficient (Wildman–Crippen LogP) is 6.27. The summed E-state index contributed by atoms with van der Waals surface area (Å²) < 4.78 is 1.30. The van der Waals surface area contributed by atoms with E-state index >= 15 is 0 Å². The summed E-state index contributed by atoms with van der Waals surface area (Å²) >= 11 is 3.32. The van der Waals surface area contributed by atoms with Gasteiger partial charge in [-0.1, -0.05) is 13.8 Å². The van der Waals surface area contributed by atoms with E-state index in [1.54, 1.807) is 22.7 Å². The van der Waals surface area contributed by atoms with Crippen molar-refractivity contribution in [3.05, 3.63) is 51.0 Å². The number of phenols is 1. The van der Waals surface area contributed by atoms with Crippen LogP contribution in [0.4, 0.5) is 0 Å². The normalized spacial score (nSPS) is 11.7. The first-order valence-electron chi connectivity index (χ1n) is 9.11. The van der Waals surface area contributed by atoms with Crippen LogP contribution in [0.25, 0.3) is 10.1 Å². The average molecular weight is 403 g/mol. The van der Waals surface area contributed by atoms with Crippen molar-refractivity contribution in [2.24, 2.45) is 0 Å². The van der Waals surface area contributed by atoms with E-state index in [1.165, 1.54) is 22.6 Å². The monoisotopic (exact) mass is 402 g/mol. The van der Waals surface area contributed by atoms with E-state index in [2.05, 4.69) is 18.4 Å². The van der Waals surface area contributed by atoms with Crippen LogP contribution >= 0.6 is 22.7 Å². The van der Waals surface area contributed by atoms with E-state index in [1.807, 2.05) is 36.7 Å². The van der Waals surface area contributed by atoms with Gasteiger partial charge >= 0.3 is 0 Å². The van der Waals surface area contributed by atoms with Gasteiger partial charge in [0.15, 0.2) is 0 Å². The topological polar surface area (TPSA) is 54.4 Å². The van der Waals surface area contributed by atoms with Crippen molar-refractivity contribution in [1.29, 1.82) is 0 Å². The predicted molar refractivity (Wildman–Crippen MR) is 115 cm³/mol. The molecule has 5 heteroatoms. The Morgan fingerprint density at radius 1 is 1.19 bits per heavy atom. The maximum absolute atomic E-state index is 11.7. The van der Waals surface area contributed by atoms with Crippen molar-refractivity contribution in [2.75, 3.05) is 0 Å². The first-order chi connectivity index (χ1) is 12.9. The molecule has 0 spiro atoms. The first-order valence-corrected chi connectivity index (χ1v) is 10.9. The van der Waals surface area contributed by atoms with Gasteiger partial charge in [-0.2, -0.15) is 11.3 Å². The van der Waals surface area contributed by atoms with Crippen molar-refractivity contribution < 1.29 is 14.7 Å². The van der Waals surface area contributed by atoms with Gasteiger partial charge in [0.25, 0.3) is 0 Å². The van der Waals surface area contributed by atoms with Gasteiger partial charge in [-0.25, -0.2) is 0 Å². The fourth-order valence-electron chi connectivity index (χ4n) is 3.21. The van der Waals surface area contributed by atoms with Gasteiger partial charge in [-0.3, -0.25) is 9.59 Å². The van der Waals surface area contributed by atoms with Crippen LogP contribution in [0.1, 0.15) is 56.2 Å². The molecule has 0 aliphatic rings. The maximum atomic E-state index is 11.7. The molecule has 0 aliphatic carbocycles. The van der Waals surface area contributed by atoms with Crippen molar-refractivity contribution in [3.8, 4) is 5.75 Å². The highest BCUT2D eigenvalue weighted by Crippen LogP contribution is 2.33. The standard InChI is InChI=1S/C11H14O2S.C11H12OS/c1-3-10(9-4-5-14-7-9)11(13)6-8(2)12;1-3-8-9-4-5-13-11(9)7(2)6-10(8)12/h4-5,7,10H,3,6H2,1-2H3;4-6,12H,3H2,1-2H3. The zero-order valence-corrected chi connectivity index (χ0v) is 17.9. The number of carbonyl (C=O) groups is 2. The number of aryl methyl sites for hydroxylation is 2. The lowest BCUT2D eigenvalue weighted by molar-refractivity contribution is -0.126. The van der Waals surface area contributed by atoms with Crippen molar-refractivity contribution in [2.45, 2.75) is 52.9 Å². The Hall–Kier alpha value is -1.98. The number of hydrogen-bond donors (Lipinski definition) is 1. The Kier molecular flexibility index (Phi) is 7.75. The van der Waals surface area contributed by atoms with E-state index < -0.39 is 0 Å². The number of phenolic OH excluding ortho intramolecular Hbond substituents is 1. The van der Waals surface area contributed by atoms with Gasteiger partial charge < -0.3 is 5.11 Å². The van der Waals surface area contributed by atoms with E-state index in [4.69, 9.17) is 0 Å². The third kappa shape index (κ3) is 5.27. The molecule has 1 aromatic carbocycles. The molecule has 0 saturated heterocycles. The minimum absolute atomic E-state index is 0.0402. The number of hydrogen-bond acceptors (Lipinski definition) is 5. The summed E-state index contributed by atoms with van der Waals surface area (Å²) in [4.78, 5) is 22.5. The van der Waals surface area contributed by atoms with Crippen molar-refractivity contribution >= 4 is 44.3 Å². The second-order valence-electron chi connectivity index (χ2n) is 6.57. The lowest BCUT2D eigenvalue weighted by Crippen LogP contribution is -2.14. The van der Waals surface area contributed by atoms with Crippen LogP contribution in [0.2, 0.25) is 0 Å². The quantitative estimate of drug-likeness (QED) is 0.495. The highest BCUT2D eigenvalue weighted by Gasteiger charge is 2.19. The zero-order valence-electron chi connectivity index (χ0n) is 16.2. The van der Waals surface area contributed by atoms with Gasteiger partial charge in [0.05, 0.1) is 6.42 Å². The molecular weight excluding hydrogens is 376 g/mol. The van der Waals surface area contributed by atoms with Crippen LogP contribution in [0.3, 0.4) is 0 Å². The summed E-state index contributed by atoms with van der Waals surface area (Å²) in [5.41, 5.74) is 3.28. The molecule has 0 radical (unpaired) electrons. The highest BCUT2D eigenvalue weighted by atomic mass is 32.1. The molecule has 0 aliphatic heterocycles. The molecule has 0 fully saturated rings. The minimum Gasteiger partial charge on any atom is -0.508 e. The molecule has 144 valence electrons. The summed E-state index contributed by atoms with van der Waals surface area (Å²) in [5.74, 6) is 0.332. The second-order valence-corrected chi connectivity index (χ2v) is 8.27. The fourth-order valence-corrected chi connectivity index (χ4v) is 4.83. The Bertz CT molecular complexity index is 907. The number of carbonyl (C=O) groups excluding carboxylic acids is 2. The van der Waals surface area contributed by atoms with Gasteiger partial charge in [-0.15, -0.1) is 11.3 Å². The Balaban J connectivity index is 0.000000194. The third-order valence-corrected chi connectivity index (χ3v) is 6.28. The van der Waals surface area contributed by atoms with Crippen molar-refractivity contribution in [1.82, 2.24) is 0 Å². The van der Waals surface area contributed by atoms with E-state index in [-0.39, 0.29) is 23.9 Å². The van der Waals surface area contributed by atoms with Crippen LogP contribution in [0, 0.1) is 6.92 Å². The van der Waals surface area contributed by atoms with Crippen LogP contribution < -0.4 is 0 Å². The molecule has 27 heavy (non-hydrogen) atoms. The summed E-state index contributed by atoms with van der Waals surface area (Å²) in [6.07, 6.45) is 1.72. The SMILES string of the molecule is CCC(C(=O)CC(C)=O)c1ccsc1.CCc1c(O)cc(C)c2sccc12. The number of Topliss-reactive ketones (excluding diaryl/α,β-unsaturated/α-hetero) is 2. The lowest BCUT2D eigenvalue weighted by Gasteiger charge is -2.10. The molecule has 3 rings (SSSR count). The number of aromatic hydroxyl groups is 1. The van der Waals surface area contributed by atoms with E-state index in [0.29, 0.717) is 5.75 Å². The molecule has 0 saturated carbocycles. The van der Waals surface area contributed by atoms with Gasteiger partial charge in [-0.05, 0) is 77.5 Å². The van der Waals surface area contributed by atoms with Gasteiger partial charge in [0.2, 0.25) is 0 Å². The molecule has 1 N–H and O–H groups in total. The maximum Gasteiger partial charge on any atom is 0.147 e. The highest BCUT2D eigenvalue weighted by molar-refractivity contribution is 7.17. The van der Waals surface area contributed by atoms with Crippen molar-refractivity contribution in [3.63, 3.8) is 0 Å². The number of benzene rings is 1. The number of ketones is 2. The summed E-state index contributed by atoms with van der Waals surface area (Å²) in [6.45, 7) is 7.54. The van der Waals surface area contributed by atoms with Gasteiger partial charge in [0.1, 0.15) is 17.3 Å². The molecule has 3 nitrogen and oxygen atoms in total. The Labute approximate surface area is 168 Å². The zero-order chi connectivity index (χ0) is 20.0. The third-order valence-electron chi connectivity index (χ3n) is 4.53. The summed E-state index contributed by atoms with van der Waals surface area (Å²) in [5, 5.41) is 16.9. The lowest BCUT2D eigenvalue weighted by atomic mass is 9.92. The molecular formula is C22H26O3S2. The van der Waals surface area contributed by atoms with E-state index in [9.17, 15) is 14.7 Å². The number of fused-ring (bicyclic) bond motifs is 1. The molecule has 3 aromatic rings. The fraction of sp³-hybridized carbons (Fsp3) is 0.364. The average Bonchev–Trinajstić information content (AvgIpc) is 3.28.